The standard InChI is InChI=1S/C14H11N7/c15-14-17-5-3-13(19-14)21-8-10(11-1-6-18-20-11)9-7-16-4-2-12(9)21/h1-8H,(H,18,20)(H2,15,17,19). The van der Waals surface area contributed by atoms with Gasteiger partial charge in [-0.3, -0.25) is 10.1 Å². The molecule has 0 radical (unpaired) electrons. The Labute approximate surface area is 119 Å². The molecule has 0 fully saturated rings. The van der Waals surface area contributed by atoms with Crippen LogP contribution in [0.25, 0.3) is 28.0 Å². The Morgan fingerprint density at radius 2 is 2.05 bits per heavy atom. The predicted octanol–water partition coefficient (Wildman–Crippen LogP) is 1.79. The van der Waals surface area contributed by atoms with Gasteiger partial charge in [0, 0.05) is 41.9 Å². The van der Waals surface area contributed by atoms with E-state index in [2.05, 4.69) is 25.1 Å². The van der Waals surface area contributed by atoms with Crippen molar-refractivity contribution in [2.45, 2.75) is 0 Å². The number of rotatable bonds is 2. The highest BCUT2D eigenvalue weighted by Crippen LogP contribution is 2.30. The number of aromatic amines is 1. The molecule has 7 heteroatoms. The van der Waals surface area contributed by atoms with Gasteiger partial charge in [-0.15, -0.1) is 0 Å². The van der Waals surface area contributed by atoms with Crippen molar-refractivity contribution in [3.63, 3.8) is 0 Å². The number of nitrogens with two attached hydrogens (primary N) is 1. The van der Waals surface area contributed by atoms with E-state index in [0.717, 1.165) is 22.2 Å². The minimum Gasteiger partial charge on any atom is -0.368 e. The van der Waals surface area contributed by atoms with Crippen molar-refractivity contribution in [2.75, 3.05) is 5.73 Å². The van der Waals surface area contributed by atoms with E-state index in [0.29, 0.717) is 5.82 Å². The average molecular weight is 277 g/mol. The lowest BCUT2D eigenvalue weighted by Gasteiger charge is -2.03. The molecule has 0 saturated carbocycles. The number of aromatic nitrogens is 6. The van der Waals surface area contributed by atoms with Crippen LogP contribution >= 0.6 is 0 Å². The molecule has 4 heterocycles. The number of H-pyrrole nitrogens is 1. The lowest BCUT2D eigenvalue weighted by molar-refractivity contribution is 1.02. The van der Waals surface area contributed by atoms with Crippen molar-refractivity contribution < 1.29 is 0 Å². The summed E-state index contributed by atoms with van der Waals surface area (Å²) in [4.78, 5) is 12.4. The average Bonchev–Trinajstić information content (AvgIpc) is 3.14. The number of hydrogen-bond donors (Lipinski definition) is 2. The van der Waals surface area contributed by atoms with Crippen LogP contribution < -0.4 is 5.73 Å². The lowest BCUT2D eigenvalue weighted by atomic mass is 10.2. The molecule has 0 aliphatic heterocycles. The second-order valence-electron chi connectivity index (χ2n) is 4.55. The zero-order valence-electron chi connectivity index (χ0n) is 10.9. The Bertz CT molecular complexity index is 908. The van der Waals surface area contributed by atoms with E-state index < -0.39 is 0 Å². The summed E-state index contributed by atoms with van der Waals surface area (Å²) in [5.41, 5.74) is 8.60. The summed E-state index contributed by atoms with van der Waals surface area (Å²) in [5.74, 6) is 0.955. The van der Waals surface area contributed by atoms with E-state index in [1.807, 2.05) is 35.2 Å². The Morgan fingerprint density at radius 3 is 2.86 bits per heavy atom. The number of anilines is 1. The molecule has 7 nitrogen and oxygen atoms in total. The summed E-state index contributed by atoms with van der Waals surface area (Å²) in [6.07, 6.45) is 8.92. The van der Waals surface area contributed by atoms with Crippen LogP contribution in [0.3, 0.4) is 0 Å². The first kappa shape index (κ1) is 11.6. The minimum atomic E-state index is 0.242. The van der Waals surface area contributed by atoms with Gasteiger partial charge in [-0.25, -0.2) is 4.98 Å². The van der Waals surface area contributed by atoms with Crippen molar-refractivity contribution in [3.8, 4) is 17.1 Å². The Hall–Kier alpha value is -3.22. The zero-order valence-corrected chi connectivity index (χ0v) is 10.9. The van der Waals surface area contributed by atoms with E-state index >= 15 is 0 Å². The fraction of sp³-hybridized carbons (Fsp3) is 0. The fourth-order valence-corrected chi connectivity index (χ4v) is 2.38. The molecule has 0 saturated heterocycles. The molecule has 0 aromatic carbocycles. The number of hydrogen-bond acceptors (Lipinski definition) is 5. The maximum absolute atomic E-state index is 5.68. The SMILES string of the molecule is Nc1nccc(-n2cc(-c3ccn[nH]3)c3cnccc32)n1. The van der Waals surface area contributed by atoms with Gasteiger partial charge in [0.15, 0.2) is 0 Å². The number of nitrogen functional groups attached to an aromatic ring is 1. The van der Waals surface area contributed by atoms with E-state index in [1.165, 1.54) is 0 Å². The van der Waals surface area contributed by atoms with E-state index in [-0.39, 0.29) is 5.95 Å². The third-order valence-corrected chi connectivity index (χ3v) is 3.30. The first-order valence-corrected chi connectivity index (χ1v) is 6.36. The number of nitrogens with zero attached hydrogens (tertiary/aromatic N) is 5. The Balaban J connectivity index is 2.02. The minimum absolute atomic E-state index is 0.242. The van der Waals surface area contributed by atoms with E-state index in [9.17, 15) is 0 Å². The highest BCUT2D eigenvalue weighted by Gasteiger charge is 2.13. The molecule has 0 unspecified atom stereocenters. The molecule has 102 valence electrons. The topological polar surface area (TPSA) is 98.3 Å². The van der Waals surface area contributed by atoms with Gasteiger partial charge in [-0.2, -0.15) is 10.1 Å². The maximum atomic E-state index is 5.68. The van der Waals surface area contributed by atoms with Gasteiger partial charge in [0.1, 0.15) is 5.82 Å². The largest absolute Gasteiger partial charge is 0.368 e. The molecule has 4 aromatic heterocycles. The highest BCUT2D eigenvalue weighted by molar-refractivity contribution is 5.95. The van der Waals surface area contributed by atoms with Crippen LogP contribution in [-0.2, 0) is 0 Å². The van der Waals surface area contributed by atoms with Gasteiger partial charge in [0.05, 0.1) is 11.2 Å². The normalized spacial score (nSPS) is 11.0. The smallest absolute Gasteiger partial charge is 0.221 e. The van der Waals surface area contributed by atoms with Gasteiger partial charge in [0.2, 0.25) is 5.95 Å². The van der Waals surface area contributed by atoms with E-state index in [4.69, 9.17) is 5.73 Å². The maximum Gasteiger partial charge on any atom is 0.221 e. The van der Waals surface area contributed by atoms with Gasteiger partial charge in [-0.05, 0) is 18.2 Å². The van der Waals surface area contributed by atoms with Crippen molar-refractivity contribution in [2.24, 2.45) is 0 Å². The van der Waals surface area contributed by atoms with Crippen LogP contribution in [0.15, 0.2) is 49.2 Å². The molecule has 0 aliphatic rings. The van der Waals surface area contributed by atoms with Crippen molar-refractivity contribution in [1.29, 1.82) is 0 Å². The highest BCUT2D eigenvalue weighted by atomic mass is 15.1. The molecule has 21 heavy (non-hydrogen) atoms. The number of fused-ring (bicyclic) bond motifs is 1. The second-order valence-corrected chi connectivity index (χ2v) is 4.55. The first-order valence-electron chi connectivity index (χ1n) is 6.36. The quantitative estimate of drug-likeness (QED) is 0.582. The molecule has 0 atom stereocenters. The van der Waals surface area contributed by atoms with E-state index in [1.54, 1.807) is 18.6 Å². The van der Waals surface area contributed by atoms with Crippen LogP contribution in [0.2, 0.25) is 0 Å². The molecule has 4 rings (SSSR count). The first-order chi connectivity index (χ1) is 10.3. The molecular formula is C14H11N7. The summed E-state index contributed by atoms with van der Waals surface area (Å²) in [7, 11) is 0. The van der Waals surface area contributed by atoms with Crippen LogP contribution in [0.1, 0.15) is 0 Å². The summed E-state index contributed by atoms with van der Waals surface area (Å²) in [5, 5.41) is 7.99. The third kappa shape index (κ3) is 1.83. The molecule has 4 aromatic rings. The zero-order chi connectivity index (χ0) is 14.2. The Morgan fingerprint density at radius 1 is 1.10 bits per heavy atom. The van der Waals surface area contributed by atoms with Crippen molar-refractivity contribution in [3.05, 3.63) is 49.2 Å². The summed E-state index contributed by atoms with van der Waals surface area (Å²) < 4.78 is 1.96. The monoisotopic (exact) mass is 277 g/mol. The van der Waals surface area contributed by atoms with Gasteiger partial charge >= 0.3 is 0 Å². The molecule has 3 N–H and O–H groups in total. The van der Waals surface area contributed by atoms with Crippen molar-refractivity contribution >= 4 is 16.9 Å². The van der Waals surface area contributed by atoms with Gasteiger partial charge in [-0.1, -0.05) is 0 Å². The predicted molar refractivity (Wildman–Crippen MR) is 78.7 cm³/mol. The summed E-state index contributed by atoms with van der Waals surface area (Å²) in [6, 6.07) is 5.67. The second kappa shape index (κ2) is 4.41. The molecule has 0 spiro atoms. The fourth-order valence-electron chi connectivity index (χ4n) is 2.38. The van der Waals surface area contributed by atoms with Gasteiger partial charge < -0.3 is 10.3 Å². The molecule has 0 bridgehead atoms. The summed E-state index contributed by atoms with van der Waals surface area (Å²) in [6.45, 7) is 0. The van der Waals surface area contributed by atoms with Crippen LogP contribution in [0.5, 0.6) is 0 Å². The molecule has 0 amide bonds. The molecule has 0 aliphatic carbocycles. The van der Waals surface area contributed by atoms with Crippen LogP contribution in [0.4, 0.5) is 5.95 Å². The number of pyridine rings is 1. The van der Waals surface area contributed by atoms with Crippen LogP contribution in [-0.4, -0.2) is 29.7 Å². The number of nitrogens with one attached hydrogen (secondary N) is 1. The Kier molecular flexibility index (Phi) is 2.43. The molecular weight excluding hydrogens is 266 g/mol. The van der Waals surface area contributed by atoms with Crippen molar-refractivity contribution in [1.82, 2.24) is 29.7 Å². The lowest BCUT2D eigenvalue weighted by Crippen LogP contribution is -2.00. The third-order valence-electron chi connectivity index (χ3n) is 3.30. The summed E-state index contributed by atoms with van der Waals surface area (Å²) >= 11 is 0. The van der Waals surface area contributed by atoms with Gasteiger partial charge in [0.25, 0.3) is 0 Å². The van der Waals surface area contributed by atoms with Crippen LogP contribution in [0, 0.1) is 0 Å².